The van der Waals surface area contributed by atoms with Crippen LogP contribution in [0, 0.1) is 0 Å². The van der Waals surface area contributed by atoms with Crippen molar-refractivity contribution in [3.05, 3.63) is 88.9 Å². The Hall–Kier alpha value is -3.20. The van der Waals surface area contributed by atoms with E-state index < -0.39 is 22.0 Å². The van der Waals surface area contributed by atoms with Crippen molar-refractivity contribution in [1.29, 1.82) is 0 Å². The number of halogens is 1. The van der Waals surface area contributed by atoms with Crippen molar-refractivity contribution in [2.45, 2.75) is 30.3 Å². The Morgan fingerprint density at radius 2 is 1.62 bits per heavy atom. The minimum Gasteiger partial charge on any atom is -0.480 e. The highest BCUT2D eigenvalue weighted by atomic mass is 35.5. The number of rotatable bonds is 9. The average molecular weight is 499 g/mol. The first-order chi connectivity index (χ1) is 16.2. The molecule has 34 heavy (non-hydrogen) atoms. The summed E-state index contributed by atoms with van der Waals surface area (Å²) in [7, 11) is -4.05. The van der Waals surface area contributed by atoms with Gasteiger partial charge in [-0.2, -0.15) is 4.72 Å². The summed E-state index contributed by atoms with van der Waals surface area (Å²) in [5.41, 5.74) is 3.27. The molecule has 0 radical (unpaired) electrons. The molecule has 0 saturated carbocycles. The number of amides is 1. The van der Waals surface area contributed by atoms with Gasteiger partial charge in [0, 0.05) is 23.7 Å². The molecule has 2 N–H and O–H groups in total. The molecule has 1 atom stereocenters. The first-order valence-electron chi connectivity index (χ1n) is 10.7. The standard InChI is InChI=1S/C25H23ClN2O5S/c26-20-11-7-17(8-12-20)18-9-13-21(14-10-18)34(32,33)27-23(25(30)31)6-3-15-28-16-19-4-1-2-5-22(19)24(28)29/h1-2,4-5,7-14,23,27H,3,6,15-16H2,(H,30,31)/t23-/m0/s1. The lowest BCUT2D eigenvalue weighted by Crippen LogP contribution is -2.41. The predicted molar refractivity (Wildman–Crippen MR) is 129 cm³/mol. The van der Waals surface area contributed by atoms with Crippen molar-refractivity contribution >= 4 is 33.5 Å². The van der Waals surface area contributed by atoms with Gasteiger partial charge in [0.15, 0.2) is 0 Å². The molecule has 1 aliphatic rings. The van der Waals surface area contributed by atoms with Gasteiger partial charge in [0.25, 0.3) is 5.91 Å². The number of nitrogens with zero attached hydrogens (tertiary/aromatic N) is 1. The Labute approximate surface area is 203 Å². The number of aliphatic carboxylic acids is 1. The fourth-order valence-electron chi connectivity index (χ4n) is 3.94. The number of hydrogen-bond acceptors (Lipinski definition) is 4. The molecule has 9 heteroatoms. The van der Waals surface area contributed by atoms with Crippen LogP contribution in [0.4, 0.5) is 0 Å². The molecular weight excluding hydrogens is 476 g/mol. The van der Waals surface area contributed by atoms with Crippen LogP contribution >= 0.6 is 11.6 Å². The largest absolute Gasteiger partial charge is 0.480 e. The fourth-order valence-corrected chi connectivity index (χ4v) is 5.29. The maximum atomic E-state index is 12.8. The molecule has 0 bridgehead atoms. The highest BCUT2D eigenvalue weighted by Gasteiger charge is 2.28. The molecule has 1 heterocycles. The van der Waals surface area contributed by atoms with E-state index >= 15 is 0 Å². The molecule has 0 unspecified atom stereocenters. The maximum Gasteiger partial charge on any atom is 0.321 e. The predicted octanol–water partition coefficient (Wildman–Crippen LogP) is 4.17. The molecule has 7 nitrogen and oxygen atoms in total. The van der Waals surface area contributed by atoms with E-state index in [4.69, 9.17) is 11.6 Å². The zero-order valence-corrected chi connectivity index (χ0v) is 19.7. The van der Waals surface area contributed by atoms with Gasteiger partial charge in [-0.05, 0) is 59.9 Å². The molecule has 3 aromatic rings. The number of carbonyl (C=O) groups excluding carboxylic acids is 1. The van der Waals surface area contributed by atoms with Crippen molar-refractivity contribution < 1.29 is 23.1 Å². The molecular formula is C25H23ClN2O5S. The number of sulfonamides is 1. The summed E-state index contributed by atoms with van der Waals surface area (Å²) in [5.74, 6) is -1.36. The van der Waals surface area contributed by atoms with E-state index in [2.05, 4.69) is 4.72 Å². The Balaban J connectivity index is 1.37. The second kappa shape index (κ2) is 9.97. The molecule has 0 spiro atoms. The van der Waals surface area contributed by atoms with Gasteiger partial charge in [-0.3, -0.25) is 9.59 Å². The zero-order valence-electron chi connectivity index (χ0n) is 18.1. The average Bonchev–Trinajstić information content (AvgIpc) is 3.14. The summed E-state index contributed by atoms with van der Waals surface area (Å²) >= 11 is 5.90. The minimum atomic E-state index is -4.05. The molecule has 1 amide bonds. The SMILES string of the molecule is O=C(O)[C@H](CCCN1Cc2ccccc2C1=O)NS(=O)(=O)c1ccc(-c2ccc(Cl)cc2)cc1. The number of nitrogens with one attached hydrogen (secondary N) is 1. The molecule has 3 aromatic carbocycles. The van der Waals surface area contributed by atoms with E-state index in [1.807, 2.05) is 24.3 Å². The second-order valence-electron chi connectivity index (χ2n) is 8.07. The summed E-state index contributed by atoms with van der Waals surface area (Å²) in [6, 6.07) is 19.4. The fraction of sp³-hybridized carbons (Fsp3) is 0.200. The molecule has 0 aromatic heterocycles. The summed E-state index contributed by atoms with van der Waals surface area (Å²) in [6.45, 7) is 0.813. The van der Waals surface area contributed by atoms with Crippen LogP contribution in [0.2, 0.25) is 5.02 Å². The van der Waals surface area contributed by atoms with Crippen LogP contribution < -0.4 is 4.72 Å². The Bertz CT molecular complexity index is 1310. The van der Waals surface area contributed by atoms with Crippen molar-refractivity contribution in [3.8, 4) is 11.1 Å². The van der Waals surface area contributed by atoms with E-state index in [0.29, 0.717) is 30.1 Å². The minimum absolute atomic E-state index is 0.0263. The Kier molecular flexibility index (Phi) is 7.02. The first-order valence-corrected chi connectivity index (χ1v) is 12.6. The van der Waals surface area contributed by atoms with E-state index in [9.17, 15) is 23.1 Å². The normalized spacial score (nSPS) is 14.1. The van der Waals surface area contributed by atoms with Gasteiger partial charge in [-0.1, -0.05) is 54.1 Å². The van der Waals surface area contributed by atoms with Crippen molar-refractivity contribution in [2.24, 2.45) is 0 Å². The summed E-state index contributed by atoms with van der Waals surface area (Å²) < 4.78 is 27.9. The summed E-state index contributed by atoms with van der Waals surface area (Å²) in [5, 5.41) is 10.2. The van der Waals surface area contributed by atoms with Crippen LogP contribution in [-0.2, 0) is 21.4 Å². The monoisotopic (exact) mass is 498 g/mol. The van der Waals surface area contributed by atoms with Gasteiger partial charge < -0.3 is 10.0 Å². The second-order valence-corrected chi connectivity index (χ2v) is 10.2. The summed E-state index contributed by atoms with van der Waals surface area (Å²) in [6.07, 6.45) is 0.395. The van der Waals surface area contributed by atoms with Crippen LogP contribution in [0.1, 0.15) is 28.8 Å². The molecule has 0 aliphatic carbocycles. The Morgan fingerprint density at radius 1 is 1.00 bits per heavy atom. The highest BCUT2D eigenvalue weighted by Crippen LogP contribution is 2.24. The molecule has 0 saturated heterocycles. The number of carboxylic acids is 1. The number of benzene rings is 3. The lowest BCUT2D eigenvalue weighted by molar-refractivity contribution is -0.139. The number of hydrogen-bond donors (Lipinski definition) is 2. The van der Waals surface area contributed by atoms with Crippen LogP contribution in [0.5, 0.6) is 0 Å². The van der Waals surface area contributed by atoms with Crippen LogP contribution in [0.15, 0.2) is 77.7 Å². The smallest absolute Gasteiger partial charge is 0.321 e. The number of carboxylic acid groups (broad SMARTS) is 1. The van der Waals surface area contributed by atoms with E-state index in [1.165, 1.54) is 12.1 Å². The maximum absolute atomic E-state index is 12.8. The zero-order chi connectivity index (χ0) is 24.3. The third-order valence-corrected chi connectivity index (χ3v) is 7.49. The topological polar surface area (TPSA) is 104 Å². The third-order valence-electron chi connectivity index (χ3n) is 5.75. The van der Waals surface area contributed by atoms with Gasteiger partial charge in [0.1, 0.15) is 6.04 Å². The molecule has 176 valence electrons. The molecule has 0 fully saturated rings. The van der Waals surface area contributed by atoms with E-state index in [1.54, 1.807) is 41.3 Å². The van der Waals surface area contributed by atoms with Crippen LogP contribution in [-0.4, -0.2) is 42.9 Å². The quantitative estimate of drug-likeness (QED) is 0.460. The van der Waals surface area contributed by atoms with Gasteiger partial charge in [0.2, 0.25) is 10.0 Å². The van der Waals surface area contributed by atoms with Gasteiger partial charge in [0.05, 0.1) is 4.90 Å². The third kappa shape index (κ3) is 5.30. The Morgan fingerprint density at radius 3 is 2.24 bits per heavy atom. The first kappa shape index (κ1) is 23.9. The highest BCUT2D eigenvalue weighted by molar-refractivity contribution is 7.89. The van der Waals surface area contributed by atoms with Crippen LogP contribution in [0.25, 0.3) is 11.1 Å². The number of fused-ring (bicyclic) bond motifs is 1. The lowest BCUT2D eigenvalue weighted by atomic mass is 10.1. The van der Waals surface area contributed by atoms with E-state index in [-0.39, 0.29) is 17.2 Å². The van der Waals surface area contributed by atoms with Gasteiger partial charge >= 0.3 is 5.97 Å². The van der Waals surface area contributed by atoms with E-state index in [0.717, 1.165) is 16.7 Å². The van der Waals surface area contributed by atoms with Gasteiger partial charge in [-0.15, -0.1) is 0 Å². The van der Waals surface area contributed by atoms with Gasteiger partial charge in [-0.25, -0.2) is 8.42 Å². The van der Waals surface area contributed by atoms with Crippen molar-refractivity contribution in [2.75, 3.05) is 6.54 Å². The van der Waals surface area contributed by atoms with Crippen LogP contribution in [0.3, 0.4) is 0 Å². The molecule has 4 rings (SSSR count). The molecule has 1 aliphatic heterocycles. The summed E-state index contributed by atoms with van der Waals surface area (Å²) in [4.78, 5) is 25.8. The lowest BCUT2D eigenvalue weighted by Gasteiger charge is -2.18. The number of carbonyl (C=O) groups is 2. The van der Waals surface area contributed by atoms with Crippen molar-refractivity contribution in [1.82, 2.24) is 9.62 Å². The van der Waals surface area contributed by atoms with Crippen molar-refractivity contribution in [3.63, 3.8) is 0 Å².